The van der Waals surface area contributed by atoms with Crippen LogP contribution < -0.4 is 4.72 Å². The molecule has 0 aliphatic rings. The molecule has 0 radical (unpaired) electrons. The van der Waals surface area contributed by atoms with Crippen molar-refractivity contribution in [2.24, 2.45) is 0 Å². The third-order valence-corrected chi connectivity index (χ3v) is 6.48. The second-order valence-electron chi connectivity index (χ2n) is 3.86. The zero-order valence-electron chi connectivity index (χ0n) is 9.33. The predicted molar refractivity (Wildman–Crippen MR) is 75.8 cm³/mol. The molecule has 0 saturated heterocycles. The summed E-state index contributed by atoms with van der Waals surface area (Å²) in [5.74, 6) is 0. The molecule has 1 rings (SSSR count). The Kier molecular flexibility index (Phi) is 5.19. The first kappa shape index (κ1) is 15.6. The van der Waals surface area contributed by atoms with Gasteiger partial charge in [-0.2, -0.15) is 0 Å². The number of hydrogen-bond acceptors (Lipinski definition) is 4. The standard InChI is InChI=1S/C9H13Br2NO3S2/c1-3-9(2,13)5-12-17(14,15)6-4-7(10)16-8(6)11/h4,12-13H,3,5H2,1-2H3. The number of halogens is 2. The molecule has 8 heteroatoms. The largest absolute Gasteiger partial charge is 0.389 e. The third kappa shape index (κ3) is 4.29. The van der Waals surface area contributed by atoms with Gasteiger partial charge in [0, 0.05) is 6.54 Å². The van der Waals surface area contributed by atoms with Crippen LogP contribution in [0.2, 0.25) is 0 Å². The van der Waals surface area contributed by atoms with Gasteiger partial charge in [-0.05, 0) is 51.3 Å². The summed E-state index contributed by atoms with van der Waals surface area (Å²) in [7, 11) is -3.59. The Morgan fingerprint density at radius 3 is 2.53 bits per heavy atom. The number of sulfonamides is 1. The van der Waals surface area contributed by atoms with Gasteiger partial charge in [0.25, 0.3) is 0 Å². The molecule has 0 amide bonds. The summed E-state index contributed by atoms with van der Waals surface area (Å²) in [5, 5.41) is 9.76. The van der Waals surface area contributed by atoms with E-state index in [2.05, 4.69) is 36.6 Å². The van der Waals surface area contributed by atoms with E-state index in [1.165, 1.54) is 17.4 Å². The van der Waals surface area contributed by atoms with Crippen LogP contribution in [-0.4, -0.2) is 25.7 Å². The Hall–Kier alpha value is 0.530. The monoisotopic (exact) mass is 405 g/mol. The first-order valence-electron chi connectivity index (χ1n) is 4.85. The van der Waals surface area contributed by atoms with Crippen LogP contribution in [0.3, 0.4) is 0 Å². The number of aliphatic hydroxyl groups is 1. The number of nitrogens with one attached hydrogen (secondary N) is 1. The molecule has 0 spiro atoms. The molecule has 0 bridgehead atoms. The van der Waals surface area contributed by atoms with Gasteiger partial charge in [0.2, 0.25) is 10.0 Å². The van der Waals surface area contributed by atoms with E-state index >= 15 is 0 Å². The molecule has 98 valence electrons. The smallest absolute Gasteiger partial charge is 0.242 e. The molecule has 4 nitrogen and oxygen atoms in total. The normalized spacial score (nSPS) is 15.8. The van der Waals surface area contributed by atoms with E-state index < -0.39 is 15.6 Å². The third-order valence-electron chi connectivity index (χ3n) is 2.32. The first-order chi connectivity index (χ1) is 7.68. The Balaban J connectivity index is 2.87. The van der Waals surface area contributed by atoms with Crippen molar-refractivity contribution < 1.29 is 13.5 Å². The van der Waals surface area contributed by atoms with Crippen LogP contribution in [0.25, 0.3) is 0 Å². The first-order valence-corrected chi connectivity index (χ1v) is 8.73. The quantitative estimate of drug-likeness (QED) is 0.789. The minimum absolute atomic E-state index is 0.00820. The lowest BCUT2D eigenvalue weighted by Crippen LogP contribution is -2.39. The fourth-order valence-corrected chi connectivity index (χ4v) is 5.93. The van der Waals surface area contributed by atoms with E-state index in [4.69, 9.17) is 0 Å². The minimum Gasteiger partial charge on any atom is -0.389 e. The number of thiophene rings is 1. The molecule has 1 aromatic rings. The minimum atomic E-state index is -3.59. The fraction of sp³-hybridized carbons (Fsp3) is 0.556. The van der Waals surface area contributed by atoms with Crippen molar-refractivity contribution >= 4 is 53.2 Å². The molecule has 1 atom stereocenters. The van der Waals surface area contributed by atoms with Crippen LogP contribution in [0.1, 0.15) is 20.3 Å². The molecule has 0 aliphatic carbocycles. The molecule has 1 heterocycles. The summed E-state index contributed by atoms with van der Waals surface area (Å²) in [6, 6.07) is 1.53. The number of hydrogen-bond donors (Lipinski definition) is 2. The van der Waals surface area contributed by atoms with Crippen LogP contribution in [-0.2, 0) is 10.0 Å². The van der Waals surface area contributed by atoms with E-state index in [1.807, 2.05) is 0 Å². The molecule has 17 heavy (non-hydrogen) atoms. The molecule has 0 saturated carbocycles. The van der Waals surface area contributed by atoms with Crippen LogP contribution >= 0.6 is 43.2 Å². The summed E-state index contributed by atoms with van der Waals surface area (Å²) in [6.45, 7) is 3.38. The molecule has 0 aliphatic heterocycles. The van der Waals surface area contributed by atoms with E-state index in [0.717, 1.165) is 3.79 Å². The molecule has 0 aromatic carbocycles. The highest BCUT2D eigenvalue weighted by Gasteiger charge is 2.25. The van der Waals surface area contributed by atoms with Crippen molar-refractivity contribution in [3.05, 3.63) is 13.6 Å². The topological polar surface area (TPSA) is 66.4 Å². The van der Waals surface area contributed by atoms with Gasteiger partial charge in [0.05, 0.1) is 13.2 Å². The maximum Gasteiger partial charge on any atom is 0.242 e. The second kappa shape index (κ2) is 5.66. The van der Waals surface area contributed by atoms with E-state index in [-0.39, 0.29) is 11.4 Å². The van der Waals surface area contributed by atoms with Crippen molar-refractivity contribution in [2.45, 2.75) is 30.8 Å². The van der Waals surface area contributed by atoms with Crippen LogP contribution in [0, 0.1) is 0 Å². The van der Waals surface area contributed by atoms with Gasteiger partial charge in [0.1, 0.15) is 4.90 Å². The highest BCUT2D eigenvalue weighted by Crippen LogP contribution is 2.34. The Bertz CT molecular complexity index is 496. The van der Waals surface area contributed by atoms with Gasteiger partial charge in [-0.3, -0.25) is 0 Å². The van der Waals surface area contributed by atoms with Crippen LogP contribution in [0.15, 0.2) is 18.5 Å². The van der Waals surface area contributed by atoms with Crippen molar-refractivity contribution in [2.75, 3.05) is 6.54 Å². The van der Waals surface area contributed by atoms with Crippen LogP contribution in [0.4, 0.5) is 0 Å². The summed E-state index contributed by atoms with van der Waals surface area (Å²) in [6.07, 6.45) is 0.476. The Morgan fingerprint density at radius 2 is 2.12 bits per heavy atom. The maximum absolute atomic E-state index is 12.0. The zero-order chi connectivity index (χ0) is 13.3. The van der Waals surface area contributed by atoms with E-state index in [1.54, 1.807) is 13.8 Å². The van der Waals surface area contributed by atoms with Crippen LogP contribution in [0.5, 0.6) is 0 Å². The SMILES string of the molecule is CCC(C)(O)CNS(=O)(=O)c1cc(Br)sc1Br. The van der Waals surface area contributed by atoms with E-state index in [0.29, 0.717) is 10.2 Å². The van der Waals surface area contributed by atoms with Gasteiger partial charge in [-0.1, -0.05) is 6.92 Å². The Labute approximate surface area is 122 Å². The fourth-order valence-electron chi connectivity index (χ4n) is 0.962. The molecule has 1 unspecified atom stereocenters. The van der Waals surface area contributed by atoms with Gasteiger partial charge in [-0.25, -0.2) is 13.1 Å². The van der Waals surface area contributed by atoms with Crippen molar-refractivity contribution in [3.63, 3.8) is 0 Å². The van der Waals surface area contributed by atoms with E-state index in [9.17, 15) is 13.5 Å². The van der Waals surface area contributed by atoms with Crippen molar-refractivity contribution in [1.82, 2.24) is 4.72 Å². The molecular formula is C9H13Br2NO3S2. The summed E-state index contributed by atoms with van der Waals surface area (Å²) in [5.41, 5.74) is -1.03. The maximum atomic E-state index is 12.0. The summed E-state index contributed by atoms with van der Waals surface area (Å²) < 4.78 is 27.6. The molecule has 2 N–H and O–H groups in total. The van der Waals surface area contributed by atoms with Gasteiger partial charge >= 0.3 is 0 Å². The lowest BCUT2D eigenvalue weighted by molar-refractivity contribution is 0.0613. The lowest BCUT2D eigenvalue weighted by atomic mass is 10.1. The summed E-state index contributed by atoms with van der Waals surface area (Å²) in [4.78, 5) is 0.182. The molecular weight excluding hydrogens is 394 g/mol. The Morgan fingerprint density at radius 1 is 1.53 bits per heavy atom. The highest BCUT2D eigenvalue weighted by atomic mass is 79.9. The van der Waals surface area contributed by atoms with Crippen molar-refractivity contribution in [1.29, 1.82) is 0 Å². The summed E-state index contributed by atoms with van der Waals surface area (Å²) >= 11 is 7.71. The molecule has 1 aromatic heterocycles. The number of rotatable bonds is 5. The second-order valence-corrected chi connectivity index (χ2v) is 9.35. The van der Waals surface area contributed by atoms with Gasteiger partial charge in [0.15, 0.2) is 0 Å². The zero-order valence-corrected chi connectivity index (χ0v) is 14.1. The highest BCUT2D eigenvalue weighted by molar-refractivity contribution is 9.12. The average molecular weight is 407 g/mol. The van der Waals surface area contributed by atoms with Gasteiger partial charge in [-0.15, -0.1) is 11.3 Å². The van der Waals surface area contributed by atoms with Gasteiger partial charge < -0.3 is 5.11 Å². The van der Waals surface area contributed by atoms with Crippen molar-refractivity contribution in [3.8, 4) is 0 Å². The lowest BCUT2D eigenvalue weighted by Gasteiger charge is -2.21. The molecule has 0 fully saturated rings. The average Bonchev–Trinajstić information content (AvgIpc) is 2.56. The predicted octanol–water partition coefficient (Wildman–Crippen LogP) is 2.71.